The SMILES string of the molecule is CCCCCC(=O)N1[C@@H](C(=O)OCC(C)C)CS[C@H]1c1ccccc1. The van der Waals surface area contributed by atoms with Gasteiger partial charge in [0.25, 0.3) is 0 Å². The van der Waals surface area contributed by atoms with E-state index in [0.717, 1.165) is 24.8 Å². The topological polar surface area (TPSA) is 46.6 Å². The van der Waals surface area contributed by atoms with Crippen molar-refractivity contribution in [3.05, 3.63) is 35.9 Å². The Hall–Kier alpha value is -1.49. The predicted molar refractivity (Wildman–Crippen MR) is 102 cm³/mol. The van der Waals surface area contributed by atoms with Crippen LogP contribution in [-0.4, -0.2) is 35.2 Å². The molecule has 0 saturated carbocycles. The van der Waals surface area contributed by atoms with Gasteiger partial charge >= 0.3 is 5.97 Å². The van der Waals surface area contributed by atoms with Gasteiger partial charge in [0.15, 0.2) is 0 Å². The molecule has 4 nitrogen and oxygen atoms in total. The van der Waals surface area contributed by atoms with E-state index in [4.69, 9.17) is 4.74 Å². The van der Waals surface area contributed by atoms with Gasteiger partial charge in [0.2, 0.25) is 5.91 Å². The second-order valence-electron chi connectivity index (χ2n) is 6.89. The van der Waals surface area contributed by atoms with E-state index in [2.05, 4.69) is 6.92 Å². The quantitative estimate of drug-likeness (QED) is 0.507. The maximum Gasteiger partial charge on any atom is 0.329 e. The molecule has 2 atom stereocenters. The van der Waals surface area contributed by atoms with E-state index in [1.807, 2.05) is 44.2 Å². The fourth-order valence-corrected chi connectivity index (χ4v) is 4.30. The van der Waals surface area contributed by atoms with Crippen LogP contribution >= 0.6 is 11.8 Å². The van der Waals surface area contributed by atoms with E-state index >= 15 is 0 Å². The molecule has 0 spiro atoms. The first kappa shape index (κ1) is 19.8. The largest absolute Gasteiger partial charge is 0.464 e. The van der Waals surface area contributed by atoms with E-state index < -0.39 is 6.04 Å². The van der Waals surface area contributed by atoms with Crippen LogP contribution in [0.15, 0.2) is 30.3 Å². The summed E-state index contributed by atoms with van der Waals surface area (Å²) in [4.78, 5) is 27.2. The molecule has 1 aromatic carbocycles. The summed E-state index contributed by atoms with van der Waals surface area (Å²) in [6.07, 6.45) is 3.46. The standard InChI is InChI=1S/C20H29NO3S/c1-4-5-7-12-18(22)21-17(20(23)24-13-15(2)3)14-25-19(21)16-10-8-6-9-11-16/h6,8-11,15,17,19H,4-5,7,12-14H2,1-3H3/t17-,19+/m1/s1. The smallest absolute Gasteiger partial charge is 0.329 e. The molecule has 1 heterocycles. The number of hydrogen-bond acceptors (Lipinski definition) is 4. The highest BCUT2D eigenvalue weighted by molar-refractivity contribution is 7.99. The van der Waals surface area contributed by atoms with E-state index in [1.54, 1.807) is 16.7 Å². The van der Waals surface area contributed by atoms with Gasteiger partial charge in [-0.2, -0.15) is 0 Å². The molecule has 0 bridgehead atoms. The minimum atomic E-state index is -0.483. The van der Waals surface area contributed by atoms with Gasteiger partial charge in [-0.3, -0.25) is 4.79 Å². The highest BCUT2D eigenvalue weighted by Gasteiger charge is 2.42. The van der Waals surface area contributed by atoms with Gasteiger partial charge in [-0.1, -0.05) is 63.9 Å². The summed E-state index contributed by atoms with van der Waals surface area (Å²) in [7, 11) is 0. The maximum absolute atomic E-state index is 12.9. The lowest BCUT2D eigenvalue weighted by molar-refractivity contribution is -0.155. The number of hydrogen-bond donors (Lipinski definition) is 0. The molecule has 1 saturated heterocycles. The van der Waals surface area contributed by atoms with Gasteiger partial charge in [-0.25, -0.2) is 4.79 Å². The summed E-state index contributed by atoms with van der Waals surface area (Å²) in [6.45, 7) is 6.54. The van der Waals surface area contributed by atoms with E-state index in [-0.39, 0.29) is 23.2 Å². The van der Waals surface area contributed by atoms with Gasteiger partial charge < -0.3 is 9.64 Å². The fraction of sp³-hybridized carbons (Fsp3) is 0.600. The van der Waals surface area contributed by atoms with Gasteiger partial charge in [-0.15, -0.1) is 11.8 Å². The predicted octanol–water partition coefficient (Wildman–Crippen LogP) is 4.41. The third-order valence-electron chi connectivity index (χ3n) is 4.20. The number of nitrogens with zero attached hydrogens (tertiary/aromatic N) is 1. The van der Waals surface area contributed by atoms with Crippen LogP contribution < -0.4 is 0 Å². The maximum atomic E-state index is 12.9. The van der Waals surface area contributed by atoms with Crippen molar-refractivity contribution in [1.82, 2.24) is 4.90 Å². The molecule has 5 heteroatoms. The van der Waals surface area contributed by atoms with Crippen LogP contribution in [0.3, 0.4) is 0 Å². The van der Waals surface area contributed by atoms with Crippen molar-refractivity contribution in [3.63, 3.8) is 0 Å². The van der Waals surface area contributed by atoms with Crippen molar-refractivity contribution in [1.29, 1.82) is 0 Å². The Balaban J connectivity index is 2.14. The number of ether oxygens (including phenoxy) is 1. The van der Waals surface area contributed by atoms with Crippen molar-refractivity contribution in [2.24, 2.45) is 5.92 Å². The number of carbonyl (C=O) groups excluding carboxylic acids is 2. The summed E-state index contributed by atoms with van der Waals surface area (Å²) in [5, 5.41) is -0.105. The van der Waals surface area contributed by atoms with Crippen molar-refractivity contribution in [2.45, 2.75) is 57.9 Å². The van der Waals surface area contributed by atoms with Crippen LogP contribution in [0.4, 0.5) is 0 Å². The van der Waals surface area contributed by atoms with E-state index in [0.29, 0.717) is 18.8 Å². The molecule has 1 amide bonds. The van der Waals surface area contributed by atoms with E-state index in [9.17, 15) is 9.59 Å². The number of amides is 1. The molecule has 0 N–H and O–H groups in total. The number of unbranched alkanes of at least 4 members (excludes halogenated alkanes) is 2. The Morgan fingerprint density at radius 3 is 2.60 bits per heavy atom. The second-order valence-corrected chi connectivity index (χ2v) is 8.01. The van der Waals surface area contributed by atoms with Crippen molar-refractivity contribution < 1.29 is 14.3 Å². The summed E-state index contributed by atoms with van der Waals surface area (Å²) in [6, 6.07) is 9.46. The summed E-state index contributed by atoms with van der Waals surface area (Å²) >= 11 is 1.65. The minimum absolute atomic E-state index is 0.0544. The zero-order chi connectivity index (χ0) is 18.2. The minimum Gasteiger partial charge on any atom is -0.464 e. The molecular weight excluding hydrogens is 334 g/mol. The van der Waals surface area contributed by atoms with Gasteiger partial charge in [-0.05, 0) is 17.9 Å². The van der Waals surface area contributed by atoms with Crippen molar-refractivity contribution >= 4 is 23.6 Å². The molecule has 1 fully saturated rings. The zero-order valence-corrected chi connectivity index (χ0v) is 16.3. The molecule has 25 heavy (non-hydrogen) atoms. The van der Waals surface area contributed by atoms with Crippen LogP contribution in [-0.2, 0) is 14.3 Å². The number of benzene rings is 1. The van der Waals surface area contributed by atoms with Crippen LogP contribution in [0, 0.1) is 5.92 Å². The molecule has 138 valence electrons. The van der Waals surface area contributed by atoms with E-state index in [1.165, 1.54) is 0 Å². The van der Waals surface area contributed by atoms with Gasteiger partial charge in [0.05, 0.1) is 6.61 Å². The first-order chi connectivity index (χ1) is 12.0. The van der Waals surface area contributed by atoms with Crippen LogP contribution in [0.25, 0.3) is 0 Å². The number of esters is 1. The van der Waals surface area contributed by atoms with Crippen molar-refractivity contribution in [3.8, 4) is 0 Å². The van der Waals surface area contributed by atoms with Crippen LogP contribution in [0.2, 0.25) is 0 Å². The average Bonchev–Trinajstić information content (AvgIpc) is 3.05. The lowest BCUT2D eigenvalue weighted by Gasteiger charge is -2.29. The Labute approximate surface area is 155 Å². The monoisotopic (exact) mass is 363 g/mol. The van der Waals surface area contributed by atoms with Crippen LogP contribution in [0.1, 0.15) is 57.4 Å². The molecule has 1 aliphatic rings. The van der Waals surface area contributed by atoms with Crippen LogP contribution in [0.5, 0.6) is 0 Å². The normalized spacial score (nSPS) is 20.1. The molecule has 1 aliphatic heterocycles. The highest BCUT2D eigenvalue weighted by atomic mass is 32.2. The molecule has 0 aromatic heterocycles. The number of carbonyl (C=O) groups is 2. The third-order valence-corrected chi connectivity index (χ3v) is 5.52. The summed E-state index contributed by atoms with van der Waals surface area (Å²) < 4.78 is 5.43. The van der Waals surface area contributed by atoms with Crippen molar-refractivity contribution in [2.75, 3.05) is 12.4 Å². The first-order valence-electron chi connectivity index (χ1n) is 9.19. The van der Waals surface area contributed by atoms with Gasteiger partial charge in [0, 0.05) is 12.2 Å². The Bertz CT molecular complexity index is 561. The molecule has 2 rings (SSSR count). The molecule has 1 aromatic rings. The Kier molecular flexibility index (Phi) is 7.82. The Morgan fingerprint density at radius 2 is 1.96 bits per heavy atom. The van der Waals surface area contributed by atoms with Gasteiger partial charge in [0.1, 0.15) is 11.4 Å². The third kappa shape index (κ3) is 5.50. The lowest BCUT2D eigenvalue weighted by atomic mass is 10.1. The average molecular weight is 364 g/mol. The molecule has 0 radical (unpaired) electrons. The number of rotatable bonds is 8. The molecular formula is C20H29NO3S. The first-order valence-corrected chi connectivity index (χ1v) is 10.2. The second kappa shape index (κ2) is 9.85. The lowest BCUT2D eigenvalue weighted by Crippen LogP contribution is -2.44. The zero-order valence-electron chi connectivity index (χ0n) is 15.4. The Morgan fingerprint density at radius 1 is 1.24 bits per heavy atom. The highest BCUT2D eigenvalue weighted by Crippen LogP contribution is 2.42. The molecule has 0 unspecified atom stereocenters. The molecule has 0 aliphatic carbocycles. The summed E-state index contributed by atoms with van der Waals surface area (Å²) in [5.41, 5.74) is 1.07. The number of thioether (sulfide) groups is 1. The fourth-order valence-electron chi connectivity index (χ4n) is 2.87. The summed E-state index contributed by atoms with van der Waals surface area (Å²) in [5.74, 6) is 0.662.